The fourth-order valence-corrected chi connectivity index (χ4v) is 7.56. The maximum Gasteiger partial charge on any atom is 0.408 e. The molecule has 2 aromatic heterocycles. The van der Waals surface area contributed by atoms with Crippen molar-refractivity contribution in [2.75, 3.05) is 7.05 Å². The van der Waals surface area contributed by atoms with Gasteiger partial charge in [-0.25, -0.2) is 19.7 Å². The van der Waals surface area contributed by atoms with Crippen molar-refractivity contribution in [3.63, 3.8) is 0 Å². The molecular formula is C35H38N6O3. The number of hydrogen-bond donors (Lipinski definition) is 1. The molecule has 9 nitrogen and oxygen atoms in total. The third-order valence-corrected chi connectivity index (χ3v) is 10.1. The number of carbonyl (C=O) groups is 2. The van der Waals surface area contributed by atoms with Crippen LogP contribution in [-0.4, -0.2) is 49.1 Å². The molecule has 2 amide bonds. The molecule has 2 aliphatic heterocycles. The molecule has 4 aromatic rings. The van der Waals surface area contributed by atoms with Crippen LogP contribution in [0.2, 0.25) is 0 Å². The molecule has 0 radical (unpaired) electrons. The predicted molar refractivity (Wildman–Crippen MR) is 166 cm³/mol. The Morgan fingerprint density at radius 1 is 1.05 bits per heavy atom. The highest BCUT2D eigenvalue weighted by molar-refractivity contribution is 5.97. The Morgan fingerprint density at radius 2 is 1.80 bits per heavy atom. The molecule has 2 fully saturated rings. The average molecular weight is 591 g/mol. The van der Waals surface area contributed by atoms with Gasteiger partial charge in [0.1, 0.15) is 17.0 Å². The lowest BCUT2D eigenvalue weighted by atomic mass is 9.76. The third kappa shape index (κ3) is 4.15. The summed E-state index contributed by atoms with van der Waals surface area (Å²) in [6.45, 7) is 7.87. The molecule has 8 rings (SSSR count). The van der Waals surface area contributed by atoms with Gasteiger partial charge in [0.2, 0.25) is 0 Å². The summed E-state index contributed by atoms with van der Waals surface area (Å²) in [5.41, 5.74) is 6.04. The van der Waals surface area contributed by atoms with Gasteiger partial charge < -0.3 is 19.5 Å². The van der Waals surface area contributed by atoms with E-state index in [1.165, 1.54) is 17.5 Å². The number of fused-ring (bicyclic) bond motifs is 9. The summed E-state index contributed by atoms with van der Waals surface area (Å²) in [7, 11) is 1.91. The first-order valence-electron chi connectivity index (χ1n) is 15.8. The van der Waals surface area contributed by atoms with E-state index < -0.39 is 17.2 Å². The Labute approximate surface area is 257 Å². The molecule has 226 valence electrons. The number of carbonyl (C=O) groups excluding carboxylic acids is 2. The fraction of sp³-hybridized carbons (Fsp3) is 0.457. The van der Waals surface area contributed by atoms with E-state index in [9.17, 15) is 9.59 Å². The Bertz CT molecular complexity index is 1830. The van der Waals surface area contributed by atoms with Gasteiger partial charge in [-0.15, -0.1) is 0 Å². The lowest BCUT2D eigenvalue weighted by Crippen LogP contribution is -2.53. The summed E-state index contributed by atoms with van der Waals surface area (Å²) < 4.78 is 7.90. The molecule has 2 saturated carbocycles. The molecule has 0 unspecified atom stereocenters. The van der Waals surface area contributed by atoms with Crippen molar-refractivity contribution in [2.24, 2.45) is 5.92 Å². The van der Waals surface area contributed by atoms with Crippen molar-refractivity contribution in [3.05, 3.63) is 77.1 Å². The molecular weight excluding hydrogens is 552 g/mol. The van der Waals surface area contributed by atoms with Gasteiger partial charge in [-0.3, -0.25) is 4.79 Å². The maximum absolute atomic E-state index is 13.7. The van der Waals surface area contributed by atoms with E-state index in [1.807, 2.05) is 51.2 Å². The third-order valence-electron chi connectivity index (χ3n) is 10.1. The molecule has 1 N–H and O–H groups in total. The predicted octanol–water partition coefficient (Wildman–Crippen LogP) is 6.64. The molecule has 9 heteroatoms. The number of aromatic nitrogens is 4. The number of benzene rings is 2. The second-order valence-electron chi connectivity index (χ2n) is 14.2. The van der Waals surface area contributed by atoms with Gasteiger partial charge in [0.15, 0.2) is 5.82 Å². The maximum atomic E-state index is 13.7. The zero-order chi connectivity index (χ0) is 30.5. The van der Waals surface area contributed by atoms with Crippen LogP contribution in [0.1, 0.15) is 111 Å². The van der Waals surface area contributed by atoms with E-state index in [-0.39, 0.29) is 18.0 Å². The van der Waals surface area contributed by atoms with E-state index in [1.54, 1.807) is 0 Å². The highest BCUT2D eigenvalue weighted by Gasteiger charge is 2.47. The molecule has 2 bridgehead atoms. The van der Waals surface area contributed by atoms with E-state index in [4.69, 9.17) is 19.7 Å². The quantitative estimate of drug-likeness (QED) is 0.286. The summed E-state index contributed by atoms with van der Waals surface area (Å²) >= 11 is 0. The summed E-state index contributed by atoms with van der Waals surface area (Å²) in [6, 6.07) is 12.6. The molecule has 0 saturated heterocycles. The van der Waals surface area contributed by atoms with Gasteiger partial charge in [0, 0.05) is 37.0 Å². The second kappa shape index (κ2) is 9.36. The zero-order valence-corrected chi connectivity index (χ0v) is 25.9. The molecule has 0 spiro atoms. The Morgan fingerprint density at radius 3 is 2.45 bits per heavy atom. The average Bonchev–Trinajstić information content (AvgIpc) is 3.45. The summed E-state index contributed by atoms with van der Waals surface area (Å²) in [5.74, 6) is 2.80. The fourth-order valence-electron chi connectivity index (χ4n) is 7.56. The van der Waals surface area contributed by atoms with Crippen LogP contribution in [0.3, 0.4) is 0 Å². The monoisotopic (exact) mass is 590 g/mol. The van der Waals surface area contributed by atoms with E-state index in [0.717, 1.165) is 59.2 Å². The zero-order valence-electron chi connectivity index (χ0n) is 25.9. The van der Waals surface area contributed by atoms with Crippen molar-refractivity contribution in [1.29, 1.82) is 0 Å². The Balaban J connectivity index is 1.16. The van der Waals surface area contributed by atoms with Crippen LogP contribution >= 0.6 is 0 Å². The smallest absolute Gasteiger partial charge is 0.408 e. The molecule has 4 aliphatic rings. The minimum atomic E-state index is -0.597. The molecule has 4 atom stereocenters. The number of rotatable bonds is 4. The van der Waals surface area contributed by atoms with Gasteiger partial charge in [-0.2, -0.15) is 0 Å². The first-order chi connectivity index (χ1) is 21.0. The second-order valence-corrected chi connectivity index (χ2v) is 14.2. The van der Waals surface area contributed by atoms with Crippen LogP contribution in [-0.2, 0) is 10.3 Å². The van der Waals surface area contributed by atoms with Crippen molar-refractivity contribution < 1.29 is 14.3 Å². The lowest BCUT2D eigenvalue weighted by Gasteiger charge is -2.41. The van der Waals surface area contributed by atoms with Crippen molar-refractivity contribution in [2.45, 2.75) is 88.9 Å². The van der Waals surface area contributed by atoms with Crippen molar-refractivity contribution in [1.82, 2.24) is 29.7 Å². The van der Waals surface area contributed by atoms with Crippen LogP contribution in [0.4, 0.5) is 4.79 Å². The number of ether oxygens (including phenoxy) is 1. The molecule has 2 aliphatic carbocycles. The first-order valence-corrected chi connectivity index (χ1v) is 15.8. The van der Waals surface area contributed by atoms with Gasteiger partial charge >= 0.3 is 6.09 Å². The molecule has 44 heavy (non-hydrogen) atoms. The number of alkyl carbamates (subject to hydrolysis) is 1. The minimum absolute atomic E-state index is 0.0548. The number of nitrogens with one attached hydrogen (secondary N) is 1. The van der Waals surface area contributed by atoms with Gasteiger partial charge in [-0.1, -0.05) is 25.1 Å². The van der Waals surface area contributed by atoms with Crippen LogP contribution in [0.5, 0.6) is 0 Å². The number of nitrogens with zero attached hydrogens (tertiary/aromatic N) is 5. The normalized spacial score (nSPS) is 24.8. The Hall–Kier alpha value is -4.27. The van der Waals surface area contributed by atoms with Crippen molar-refractivity contribution in [3.8, 4) is 11.1 Å². The van der Waals surface area contributed by atoms with Crippen molar-refractivity contribution >= 4 is 23.0 Å². The van der Waals surface area contributed by atoms with E-state index in [2.05, 4.69) is 47.1 Å². The highest BCUT2D eigenvalue weighted by Crippen LogP contribution is 2.54. The van der Waals surface area contributed by atoms with Crippen LogP contribution in [0.15, 0.2) is 48.8 Å². The van der Waals surface area contributed by atoms with Gasteiger partial charge in [-0.05, 0) is 93.2 Å². The molecule has 4 heterocycles. The largest absolute Gasteiger partial charge is 0.444 e. The molecule has 2 aromatic carbocycles. The first kappa shape index (κ1) is 27.3. The number of hydrogen-bond acceptors (Lipinski definition) is 6. The van der Waals surface area contributed by atoms with Gasteiger partial charge in [0.25, 0.3) is 5.91 Å². The van der Waals surface area contributed by atoms with E-state index in [0.29, 0.717) is 17.7 Å². The number of amides is 2. The summed E-state index contributed by atoms with van der Waals surface area (Å²) in [4.78, 5) is 42.7. The number of imidazole rings is 1. The lowest BCUT2D eigenvalue weighted by molar-refractivity contribution is 0.0364. The topological polar surface area (TPSA) is 102 Å². The van der Waals surface area contributed by atoms with Crippen LogP contribution in [0, 0.1) is 5.92 Å². The van der Waals surface area contributed by atoms with Gasteiger partial charge in [0.05, 0.1) is 23.1 Å². The summed E-state index contributed by atoms with van der Waals surface area (Å²) in [5, 5.41) is 3.05. The summed E-state index contributed by atoms with van der Waals surface area (Å²) in [6.07, 6.45) is 7.81. The van der Waals surface area contributed by atoms with Crippen LogP contribution in [0.25, 0.3) is 22.2 Å². The standard InChI is InChI=1S/C35H38N6O3/c1-19-14-24(19)22-8-6-9-23-29(22)27-16-28(40(5)31(23)42)30-38-25-11-10-20(15-26(25)41(27)30)21-17-36-32(37-18-21)35(12-7-13-35)39-33(43)44-34(2,3)4/h6,8-11,15,17-19,24,27-28H,7,12-14,16H2,1-5H3,(H,39,43)/t19-,24-,27+,28+/m0/s1. The minimum Gasteiger partial charge on any atom is -0.444 e. The highest BCUT2D eigenvalue weighted by atomic mass is 16.6. The van der Waals surface area contributed by atoms with Crippen LogP contribution < -0.4 is 5.32 Å². The van der Waals surface area contributed by atoms with E-state index >= 15 is 0 Å². The SMILES string of the molecule is C[C@H]1C[C@@H]1c1cccc2c1[C@H]1C[C@H](c3nc4ccc(-c5cnc(C6(NC(=O)OC(C)(C)C)CCC6)nc5)cc4n31)N(C)C2=O. The Kier molecular flexibility index (Phi) is 5.81.